The molecule has 0 aliphatic carbocycles. The fourth-order valence-corrected chi connectivity index (χ4v) is 3.37. The second kappa shape index (κ2) is 5.33. The summed E-state index contributed by atoms with van der Waals surface area (Å²) in [5, 5.41) is 3.41. The summed E-state index contributed by atoms with van der Waals surface area (Å²) < 4.78 is 0. The van der Waals surface area contributed by atoms with E-state index in [-0.39, 0.29) is 6.04 Å². The zero-order chi connectivity index (χ0) is 13.2. The van der Waals surface area contributed by atoms with Gasteiger partial charge >= 0.3 is 0 Å². The van der Waals surface area contributed by atoms with Crippen LogP contribution in [0.15, 0.2) is 24.3 Å². The Morgan fingerprint density at radius 3 is 3.05 bits per heavy atom. The van der Waals surface area contributed by atoms with Crippen molar-refractivity contribution in [1.82, 2.24) is 10.2 Å². The highest BCUT2D eigenvalue weighted by atomic mass is 16.2. The Balaban J connectivity index is 1.70. The van der Waals surface area contributed by atoms with E-state index in [1.165, 1.54) is 17.5 Å². The fraction of sp³-hybridized carbons (Fsp3) is 0.562. The van der Waals surface area contributed by atoms with E-state index in [1.54, 1.807) is 0 Å². The minimum Gasteiger partial charge on any atom is -0.336 e. The van der Waals surface area contributed by atoms with Crippen LogP contribution in [-0.4, -0.2) is 29.9 Å². The number of amides is 1. The van der Waals surface area contributed by atoms with E-state index in [4.69, 9.17) is 0 Å². The Labute approximate surface area is 115 Å². The highest BCUT2D eigenvalue weighted by Gasteiger charge is 2.29. The summed E-state index contributed by atoms with van der Waals surface area (Å²) in [6, 6.07) is 9.13. The van der Waals surface area contributed by atoms with Gasteiger partial charge < -0.3 is 10.2 Å². The van der Waals surface area contributed by atoms with Crippen LogP contribution in [0.25, 0.3) is 0 Å². The molecule has 3 nitrogen and oxygen atoms in total. The molecule has 2 unspecified atom stereocenters. The van der Waals surface area contributed by atoms with Crippen LogP contribution in [0, 0.1) is 0 Å². The lowest BCUT2D eigenvalue weighted by molar-refractivity contribution is -0.134. The SMILES string of the molecule is CC1c2ccccc2CCN1C(=O)CC1CCCN1. The van der Waals surface area contributed by atoms with Crippen LogP contribution in [0.2, 0.25) is 0 Å². The van der Waals surface area contributed by atoms with E-state index < -0.39 is 0 Å². The van der Waals surface area contributed by atoms with E-state index in [1.807, 2.05) is 0 Å². The van der Waals surface area contributed by atoms with Crippen LogP contribution in [0.1, 0.15) is 43.4 Å². The van der Waals surface area contributed by atoms with E-state index in [0.29, 0.717) is 18.4 Å². The third-order valence-electron chi connectivity index (χ3n) is 4.50. The molecule has 3 heteroatoms. The van der Waals surface area contributed by atoms with E-state index in [9.17, 15) is 4.79 Å². The molecule has 2 heterocycles. The van der Waals surface area contributed by atoms with Crippen LogP contribution in [0.3, 0.4) is 0 Å². The molecule has 19 heavy (non-hydrogen) atoms. The molecule has 2 aliphatic heterocycles. The van der Waals surface area contributed by atoms with Crippen molar-refractivity contribution in [1.29, 1.82) is 0 Å². The summed E-state index contributed by atoms with van der Waals surface area (Å²) in [6.45, 7) is 4.08. The molecule has 3 rings (SSSR count). The molecule has 0 spiro atoms. The highest BCUT2D eigenvalue weighted by molar-refractivity contribution is 5.77. The van der Waals surface area contributed by atoms with Gasteiger partial charge in [0.2, 0.25) is 5.91 Å². The van der Waals surface area contributed by atoms with Gasteiger partial charge in [0.05, 0.1) is 6.04 Å². The standard InChI is InChI=1S/C16H22N2O/c1-12-15-7-3-2-5-13(15)8-10-18(12)16(19)11-14-6-4-9-17-14/h2-3,5,7,12,14,17H,4,6,8-11H2,1H3. The quantitative estimate of drug-likeness (QED) is 0.882. The number of benzene rings is 1. The molecule has 1 aromatic rings. The number of carbonyl (C=O) groups excluding carboxylic acids is 1. The predicted octanol–water partition coefficient (Wildman–Crippen LogP) is 2.27. The molecule has 0 bridgehead atoms. The summed E-state index contributed by atoms with van der Waals surface area (Å²) in [5.74, 6) is 0.307. The maximum absolute atomic E-state index is 12.5. The summed E-state index contributed by atoms with van der Waals surface area (Å²) in [5.41, 5.74) is 2.72. The van der Waals surface area contributed by atoms with Gasteiger partial charge in [0.1, 0.15) is 0 Å². The van der Waals surface area contributed by atoms with Crippen molar-refractivity contribution in [2.75, 3.05) is 13.1 Å². The molecule has 1 fully saturated rings. The minimum atomic E-state index is 0.221. The number of carbonyl (C=O) groups is 1. The first-order chi connectivity index (χ1) is 9.25. The van der Waals surface area contributed by atoms with Crippen molar-refractivity contribution in [3.05, 3.63) is 35.4 Å². The maximum Gasteiger partial charge on any atom is 0.224 e. The number of hydrogen-bond acceptors (Lipinski definition) is 2. The van der Waals surface area contributed by atoms with Crippen LogP contribution < -0.4 is 5.32 Å². The van der Waals surface area contributed by atoms with Crippen LogP contribution in [0.5, 0.6) is 0 Å². The fourth-order valence-electron chi connectivity index (χ4n) is 3.37. The lowest BCUT2D eigenvalue weighted by atomic mass is 9.93. The largest absolute Gasteiger partial charge is 0.336 e. The average Bonchev–Trinajstić information content (AvgIpc) is 2.92. The molecule has 0 radical (unpaired) electrons. The molecule has 1 amide bonds. The Morgan fingerprint density at radius 2 is 2.26 bits per heavy atom. The number of hydrogen-bond donors (Lipinski definition) is 1. The molecule has 2 aliphatic rings. The third-order valence-corrected chi connectivity index (χ3v) is 4.50. The Morgan fingerprint density at radius 1 is 1.42 bits per heavy atom. The zero-order valence-corrected chi connectivity index (χ0v) is 11.6. The minimum absolute atomic E-state index is 0.221. The normalized spacial score (nSPS) is 26.3. The Kier molecular flexibility index (Phi) is 3.56. The Bertz CT molecular complexity index is 466. The summed E-state index contributed by atoms with van der Waals surface area (Å²) in [6.07, 6.45) is 4.00. The summed E-state index contributed by atoms with van der Waals surface area (Å²) in [4.78, 5) is 14.5. The predicted molar refractivity (Wildman–Crippen MR) is 75.9 cm³/mol. The van der Waals surface area contributed by atoms with Gasteiger partial charge in [-0.15, -0.1) is 0 Å². The summed E-state index contributed by atoms with van der Waals surface area (Å²) in [7, 11) is 0. The Hall–Kier alpha value is -1.35. The van der Waals surface area contributed by atoms with Gasteiger partial charge in [-0.3, -0.25) is 4.79 Å². The molecule has 0 saturated carbocycles. The lowest BCUT2D eigenvalue weighted by Gasteiger charge is -2.36. The third kappa shape index (κ3) is 2.52. The average molecular weight is 258 g/mol. The lowest BCUT2D eigenvalue weighted by Crippen LogP contribution is -2.41. The highest BCUT2D eigenvalue weighted by Crippen LogP contribution is 2.29. The van der Waals surface area contributed by atoms with Gasteiger partial charge in [-0.2, -0.15) is 0 Å². The van der Waals surface area contributed by atoms with E-state index >= 15 is 0 Å². The van der Waals surface area contributed by atoms with Gasteiger partial charge in [-0.05, 0) is 43.9 Å². The van der Waals surface area contributed by atoms with Crippen molar-refractivity contribution in [2.24, 2.45) is 0 Å². The number of rotatable bonds is 2. The molecule has 1 aromatic carbocycles. The molecular weight excluding hydrogens is 236 g/mol. The first-order valence-corrected chi connectivity index (χ1v) is 7.36. The van der Waals surface area contributed by atoms with Crippen LogP contribution in [0.4, 0.5) is 0 Å². The smallest absolute Gasteiger partial charge is 0.224 e. The molecule has 2 atom stereocenters. The summed E-state index contributed by atoms with van der Waals surface area (Å²) >= 11 is 0. The first-order valence-electron chi connectivity index (χ1n) is 7.36. The van der Waals surface area contributed by atoms with Crippen molar-refractivity contribution in [3.63, 3.8) is 0 Å². The number of fused-ring (bicyclic) bond motifs is 1. The number of nitrogens with zero attached hydrogens (tertiary/aromatic N) is 1. The van der Waals surface area contributed by atoms with Gasteiger partial charge in [-0.1, -0.05) is 24.3 Å². The van der Waals surface area contributed by atoms with Crippen molar-refractivity contribution >= 4 is 5.91 Å². The van der Waals surface area contributed by atoms with Crippen LogP contribution in [-0.2, 0) is 11.2 Å². The molecule has 1 saturated heterocycles. The monoisotopic (exact) mass is 258 g/mol. The topological polar surface area (TPSA) is 32.3 Å². The molecular formula is C16H22N2O. The van der Waals surface area contributed by atoms with Gasteiger partial charge in [0.25, 0.3) is 0 Å². The first kappa shape index (κ1) is 12.7. The van der Waals surface area contributed by atoms with Crippen molar-refractivity contribution in [2.45, 2.75) is 44.7 Å². The molecule has 102 valence electrons. The van der Waals surface area contributed by atoms with Gasteiger partial charge in [0.15, 0.2) is 0 Å². The van der Waals surface area contributed by atoms with Gasteiger partial charge in [-0.25, -0.2) is 0 Å². The van der Waals surface area contributed by atoms with E-state index in [0.717, 1.165) is 25.9 Å². The van der Waals surface area contributed by atoms with Crippen LogP contribution >= 0.6 is 0 Å². The van der Waals surface area contributed by atoms with Gasteiger partial charge in [0, 0.05) is 19.0 Å². The second-order valence-corrected chi connectivity index (χ2v) is 5.71. The molecule has 0 aromatic heterocycles. The van der Waals surface area contributed by atoms with Crippen molar-refractivity contribution in [3.8, 4) is 0 Å². The molecule has 1 N–H and O–H groups in total. The van der Waals surface area contributed by atoms with Crippen molar-refractivity contribution < 1.29 is 4.79 Å². The van der Waals surface area contributed by atoms with E-state index in [2.05, 4.69) is 41.4 Å². The second-order valence-electron chi connectivity index (χ2n) is 5.71. The maximum atomic E-state index is 12.5. The number of nitrogens with one attached hydrogen (secondary N) is 1. The zero-order valence-electron chi connectivity index (χ0n) is 11.6.